The maximum atomic E-state index is 3.92. The highest BCUT2D eigenvalue weighted by atomic mass is 15.0. The monoisotopic (exact) mass is 203 g/mol. The molecule has 0 fully saturated rings. The van der Waals surface area contributed by atoms with Crippen LogP contribution in [-0.4, -0.2) is 4.57 Å². The van der Waals surface area contributed by atoms with Gasteiger partial charge in [-0.1, -0.05) is 19.6 Å². The Kier molecular flexibility index (Phi) is 3.57. The van der Waals surface area contributed by atoms with Crippen LogP contribution in [0.15, 0.2) is 19.2 Å². The molecule has 1 aromatic rings. The number of hydrogen-bond donors (Lipinski definition) is 0. The van der Waals surface area contributed by atoms with Crippen LogP contribution in [0.3, 0.4) is 0 Å². The molecule has 15 heavy (non-hydrogen) atoms. The van der Waals surface area contributed by atoms with Gasteiger partial charge in [-0.3, -0.25) is 0 Å². The van der Waals surface area contributed by atoms with Gasteiger partial charge in [0.05, 0.1) is 0 Å². The third-order valence-electron chi connectivity index (χ3n) is 3.32. The van der Waals surface area contributed by atoms with Gasteiger partial charge < -0.3 is 4.57 Å². The summed E-state index contributed by atoms with van der Waals surface area (Å²) in [5.41, 5.74) is 5.31. The van der Waals surface area contributed by atoms with Gasteiger partial charge in [0.25, 0.3) is 0 Å². The zero-order chi connectivity index (χ0) is 11.6. The Bertz CT molecular complexity index is 383. The molecule has 0 aromatic carbocycles. The summed E-state index contributed by atoms with van der Waals surface area (Å²) in [5, 5.41) is 0. The third-order valence-corrected chi connectivity index (χ3v) is 3.32. The SMILES string of the molecule is C=Cc1c(C)c(C)c(C(C=C)CC)n1C. The first-order valence-corrected chi connectivity index (χ1v) is 5.49. The lowest BCUT2D eigenvalue weighted by molar-refractivity contribution is 0.709. The number of nitrogens with zero attached hydrogens (tertiary/aromatic N) is 1. The van der Waals surface area contributed by atoms with E-state index in [1.807, 2.05) is 12.2 Å². The first-order chi connectivity index (χ1) is 7.08. The van der Waals surface area contributed by atoms with Crippen LogP contribution in [0.2, 0.25) is 0 Å². The van der Waals surface area contributed by atoms with Crippen molar-refractivity contribution in [3.63, 3.8) is 0 Å². The molecular weight excluding hydrogens is 182 g/mol. The van der Waals surface area contributed by atoms with Gasteiger partial charge in [-0.25, -0.2) is 0 Å². The van der Waals surface area contributed by atoms with Gasteiger partial charge in [-0.2, -0.15) is 0 Å². The Morgan fingerprint density at radius 3 is 2.20 bits per heavy atom. The highest BCUT2D eigenvalue weighted by molar-refractivity contribution is 5.54. The van der Waals surface area contributed by atoms with E-state index < -0.39 is 0 Å². The van der Waals surface area contributed by atoms with E-state index >= 15 is 0 Å². The Hall–Kier alpha value is -1.24. The molecule has 1 nitrogen and oxygen atoms in total. The van der Waals surface area contributed by atoms with Crippen molar-refractivity contribution in [3.8, 4) is 0 Å². The lowest BCUT2D eigenvalue weighted by Gasteiger charge is -2.13. The van der Waals surface area contributed by atoms with Crippen molar-refractivity contribution in [1.29, 1.82) is 0 Å². The molecule has 0 radical (unpaired) electrons. The highest BCUT2D eigenvalue weighted by Gasteiger charge is 2.17. The van der Waals surface area contributed by atoms with Crippen LogP contribution in [0.25, 0.3) is 6.08 Å². The quantitative estimate of drug-likeness (QED) is 0.653. The van der Waals surface area contributed by atoms with E-state index in [0.29, 0.717) is 5.92 Å². The van der Waals surface area contributed by atoms with Gasteiger partial charge in [0.1, 0.15) is 0 Å². The Labute approximate surface area is 93.1 Å². The molecule has 0 saturated carbocycles. The van der Waals surface area contributed by atoms with Crippen LogP contribution in [0.5, 0.6) is 0 Å². The molecule has 0 amide bonds. The van der Waals surface area contributed by atoms with Gasteiger partial charge in [-0.05, 0) is 37.5 Å². The summed E-state index contributed by atoms with van der Waals surface area (Å²) in [7, 11) is 2.11. The van der Waals surface area contributed by atoms with E-state index in [9.17, 15) is 0 Å². The van der Waals surface area contributed by atoms with Gasteiger partial charge in [-0.15, -0.1) is 6.58 Å². The number of allylic oxidation sites excluding steroid dienone is 1. The zero-order valence-corrected chi connectivity index (χ0v) is 10.3. The maximum absolute atomic E-state index is 3.92. The van der Waals surface area contributed by atoms with E-state index in [1.54, 1.807) is 0 Å². The smallest absolute Gasteiger partial charge is 0.0432 e. The molecule has 1 rings (SSSR count). The molecule has 0 saturated heterocycles. The largest absolute Gasteiger partial charge is 0.347 e. The number of aromatic nitrogens is 1. The predicted molar refractivity (Wildman–Crippen MR) is 68.2 cm³/mol. The van der Waals surface area contributed by atoms with E-state index in [2.05, 4.69) is 45.5 Å². The highest BCUT2D eigenvalue weighted by Crippen LogP contribution is 2.30. The Morgan fingerprint density at radius 1 is 1.27 bits per heavy atom. The lowest BCUT2D eigenvalue weighted by atomic mass is 9.98. The second-order valence-electron chi connectivity index (χ2n) is 4.03. The molecule has 82 valence electrons. The molecule has 0 bridgehead atoms. The molecule has 0 aliphatic heterocycles. The fourth-order valence-electron chi connectivity index (χ4n) is 2.31. The van der Waals surface area contributed by atoms with Gasteiger partial charge >= 0.3 is 0 Å². The average Bonchev–Trinajstić information content (AvgIpc) is 2.44. The minimum Gasteiger partial charge on any atom is -0.347 e. The van der Waals surface area contributed by atoms with E-state index in [4.69, 9.17) is 0 Å². The molecule has 0 spiro atoms. The fraction of sp³-hybridized carbons (Fsp3) is 0.429. The van der Waals surface area contributed by atoms with Crippen molar-refractivity contribution in [2.24, 2.45) is 7.05 Å². The second-order valence-corrected chi connectivity index (χ2v) is 4.03. The number of rotatable bonds is 4. The van der Waals surface area contributed by atoms with Crippen LogP contribution in [0.1, 0.15) is 41.8 Å². The topological polar surface area (TPSA) is 4.93 Å². The predicted octanol–water partition coefficient (Wildman–Crippen LogP) is 3.96. The van der Waals surface area contributed by atoms with Crippen molar-refractivity contribution in [2.45, 2.75) is 33.1 Å². The second kappa shape index (κ2) is 4.52. The summed E-state index contributed by atoms with van der Waals surface area (Å²) in [6, 6.07) is 0. The van der Waals surface area contributed by atoms with Crippen LogP contribution < -0.4 is 0 Å². The van der Waals surface area contributed by atoms with Gasteiger partial charge in [0.2, 0.25) is 0 Å². The van der Waals surface area contributed by atoms with Crippen LogP contribution >= 0.6 is 0 Å². The third kappa shape index (κ3) is 1.79. The normalized spacial score (nSPS) is 12.5. The van der Waals surface area contributed by atoms with Crippen molar-refractivity contribution in [1.82, 2.24) is 4.57 Å². The summed E-state index contributed by atoms with van der Waals surface area (Å²) in [5.74, 6) is 0.447. The molecule has 1 heteroatoms. The van der Waals surface area contributed by atoms with E-state index in [1.165, 1.54) is 22.5 Å². The number of hydrogen-bond acceptors (Lipinski definition) is 0. The van der Waals surface area contributed by atoms with Crippen molar-refractivity contribution in [3.05, 3.63) is 41.7 Å². The van der Waals surface area contributed by atoms with Crippen molar-refractivity contribution in [2.75, 3.05) is 0 Å². The molecular formula is C14H21N. The Morgan fingerprint density at radius 2 is 1.87 bits per heavy atom. The summed E-state index contributed by atoms with van der Waals surface area (Å²) in [6.45, 7) is 14.3. The summed E-state index contributed by atoms with van der Waals surface area (Å²) in [6.07, 6.45) is 5.06. The zero-order valence-electron chi connectivity index (χ0n) is 10.3. The van der Waals surface area contributed by atoms with Gasteiger partial charge in [0.15, 0.2) is 0 Å². The summed E-state index contributed by atoms with van der Waals surface area (Å²) >= 11 is 0. The van der Waals surface area contributed by atoms with E-state index in [-0.39, 0.29) is 0 Å². The van der Waals surface area contributed by atoms with Crippen molar-refractivity contribution < 1.29 is 0 Å². The van der Waals surface area contributed by atoms with Crippen LogP contribution in [0.4, 0.5) is 0 Å². The molecule has 0 aliphatic rings. The molecule has 1 heterocycles. The minimum absolute atomic E-state index is 0.447. The average molecular weight is 203 g/mol. The molecule has 0 N–H and O–H groups in total. The van der Waals surface area contributed by atoms with E-state index in [0.717, 1.165) is 6.42 Å². The first kappa shape index (κ1) is 11.8. The minimum atomic E-state index is 0.447. The molecule has 1 atom stereocenters. The molecule has 1 unspecified atom stereocenters. The fourth-order valence-corrected chi connectivity index (χ4v) is 2.31. The van der Waals surface area contributed by atoms with Gasteiger partial charge in [0, 0.05) is 24.4 Å². The maximum Gasteiger partial charge on any atom is 0.0432 e. The lowest BCUT2D eigenvalue weighted by Crippen LogP contribution is -2.04. The van der Waals surface area contributed by atoms with Crippen LogP contribution in [-0.2, 0) is 7.05 Å². The summed E-state index contributed by atoms with van der Waals surface area (Å²) in [4.78, 5) is 0. The first-order valence-electron chi connectivity index (χ1n) is 5.49. The molecule has 0 aliphatic carbocycles. The Balaban J connectivity index is 3.41. The standard InChI is InChI=1S/C14H21N/c1-7-12(8-2)14-11(5)10(4)13(9-3)15(14)6/h7,9,12H,1,3,8H2,2,4-6H3. The van der Waals surface area contributed by atoms with Crippen LogP contribution in [0, 0.1) is 13.8 Å². The van der Waals surface area contributed by atoms with Crippen molar-refractivity contribution >= 4 is 6.08 Å². The molecule has 1 aromatic heterocycles. The summed E-state index contributed by atoms with van der Waals surface area (Å²) < 4.78 is 2.24.